The lowest BCUT2D eigenvalue weighted by atomic mass is 10.0. The number of ether oxygens (including phenoxy) is 2. The molecule has 5 nitrogen and oxygen atoms in total. The number of rotatable bonds is 11. The van der Waals surface area contributed by atoms with Crippen LogP contribution in [-0.4, -0.2) is 32.0 Å². The van der Waals surface area contributed by atoms with Crippen LogP contribution in [0.2, 0.25) is 0 Å². The molecule has 0 heterocycles. The van der Waals surface area contributed by atoms with Gasteiger partial charge in [-0.15, -0.1) is 11.8 Å². The highest BCUT2D eigenvalue weighted by atomic mass is 32.2. The molecule has 0 unspecified atom stereocenters. The van der Waals surface area contributed by atoms with Gasteiger partial charge in [0.1, 0.15) is 5.75 Å². The first-order valence-electron chi connectivity index (χ1n) is 9.19. The summed E-state index contributed by atoms with van der Waals surface area (Å²) in [6.07, 6.45) is 0.447. The number of hydroxylamine groups is 1. The van der Waals surface area contributed by atoms with Crippen molar-refractivity contribution in [2.75, 3.05) is 26.1 Å². The minimum absolute atomic E-state index is 0.372. The molecule has 2 aromatic carbocycles. The van der Waals surface area contributed by atoms with Crippen LogP contribution in [0.15, 0.2) is 70.8 Å². The number of nitrogens with one attached hydrogen (secondary N) is 1. The first kappa shape index (κ1) is 21.9. The van der Waals surface area contributed by atoms with Crippen molar-refractivity contribution < 1.29 is 19.1 Å². The Morgan fingerprint density at radius 3 is 2.43 bits per heavy atom. The van der Waals surface area contributed by atoms with Crippen LogP contribution in [0.3, 0.4) is 0 Å². The third-order valence-electron chi connectivity index (χ3n) is 3.92. The lowest BCUT2D eigenvalue weighted by molar-refractivity contribution is -0.136. The van der Waals surface area contributed by atoms with Crippen molar-refractivity contribution in [1.29, 1.82) is 0 Å². The van der Waals surface area contributed by atoms with E-state index in [4.69, 9.17) is 14.3 Å². The topological polar surface area (TPSA) is 56.8 Å². The Hall–Kier alpha value is -2.44. The van der Waals surface area contributed by atoms with Gasteiger partial charge in [0.15, 0.2) is 0 Å². The van der Waals surface area contributed by atoms with Crippen LogP contribution in [0.1, 0.15) is 19.4 Å². The van der Waals surface area contributed by atoms with E-state index in [2.05, 4.69) is 17.6 Å². The van der Waals surface area contributed by atoms with Crippen LogP contribution in [0.4, 0.5) is 0 Å². The summed E-state index contributed by atoms with van der Waals surface area (Å²) in [5.74, 6) is 1.32. The van der Waals surface area contributed by atoms with E-state index in [0.717, 1.165) is 17.1 Å². The van der Waals surface area contributed by atoms with E-state index in [9.17, 15) is 4.79 Å². The fraction of sp³-hybridized carbons (Fsp3) is 0.318. The monoisotopic (exact) mass is 401 g/mol. The van der Waals surface area contributed by atoms with Crippen molar-refractivity contribution >= 4 is 17.7 Å². The third kappa shape index (κ3) is 7.29. The second-order valence-corrected chi connectivity index (χ2v) is 7.13. The molecule has 0 aliphatic carbocycles. The lowest BCUT2D eigenvalue weighted by Gasteiger charge is -2.13. The van der Waals surface area contributed by atoms with Gasteiger partial charge in [-0.2, -0.15) is 0 Å². The summed E-state index contributed by atoms with van der Waals surface area (Å²) in [5, 5.41) is 0. The highest BCUT2D eigenvalue weighted by molar-refractivity contribution is 7.99. The van der Waals surface area contributed by atoms with Gasteiger partial charge in [-0.3, -0.25) is 10.3 Å². The molecule has 0 aromatic heterocycles. The second kappa shape index (κ2) is 12.1. The molecule has 0 fully saturated rings. The second-order valence-electron chi connectivity index (χ2n) is 5.96. The molecule has 0 amide bonds. The quantitative estimate of drug-likeness (QED) is 0.198. The first-order chi connectivity index (χ1) is 13.6. The Bertz CT molecular complexity index is 760. The van der Waals surface area contributed by atoms with E-state index in [1.165, 1.54) is 12.0 Å². The number of hydrogen-bond donors (Lipinski definition) is 1. The number of thioether (sulfide) groups is 1. The smallest absolute Gasteiger partial charge is 0.335 e. The Balaban J connectivity index is 1.88. The maximum atomic E-state index is 12.1. The fourth-order valence-corrected chi connectivity index (χ4v) is 3.22. The van der Waals surface area contributed by atoms with Crippen molar-refractivity contribution in [3.8, 4) is 5.75 Å². The zero-order valence-corrected chi connectivity index (χ0v) is 17.4. The molecule has 0 aliphatic heterocycles. The zero-order chi connectivity index (χ0) is 20.2. The largest absolute Gasteiger partial charge is 0.493 e. The number of methoxy groups -OCH3 is 1. The van der Waals surface area contributed by atoms with Gasteiger partial charge in [0, 0.05) is 22.8 Å². The molecule has 0 aliphatic rings. The summed E-state index contributed by atoms with van der Waals surface area (Å²) < 4.78 is 10.7. The predicted molar refractivity (Wildman–Crippen MR) is 112 cm³/mol. The van der Waals surface area contributed by atoms with Crippen LogP contribution in [-0.2, 0) is 20.8 Å². The number of benzene rings is 2. The van der Waals surface area contributed by atoms with Gasteiger partial charge in [-0.25, -0.2) is 4.79 Å². The Morgan fingerprint density at radius 1 is 1.07 bits per heavy atom. The maximum absolute atomic E-state index is 12.1. The van der Waals surface area contributed by atoms with E-state index in [1.54, 1.807) is 18.7 Å². The van der Waals surface area contributed by atoms with Gasteiger partial charge >= 0.3 is 5.97 Å². The fourth-order valence-electron chi connectivity index (χ4n) is 2.47. The molecule has 6 heteroatoms. The summed E-state index contributed by atoms with van der Waals surface area (Å²) in [7, 11) is 1.38. The van der Waals surface area contributed by atoms with Crippen LogP contribution in [0, 0.1) is 0 Å². The number of hydrogen-bond acceptors (Lipinski definition) is 6. The van der Waals surface area contributed by atoms with Gasteiger partial charge in [0.2, 0.25) is 0 Å². The van der Waals surface area contributed by atoms with E-state index in [0.29, 0.717) is 30.9 Å². The highest BCUT2D eigenvalue weighted by Gasteiger charge is 2.14. The molecule has 0 atom stereocenters. The summed E-state index contributed by atoms with van der Waals surface area (Å²) in [4.78, 5) is 18.5. The van der Waals surface area contributed by atoms with E-state index in [-0.39, 0.29) is 5.97 Å². The van der Waals surface area contributed by atoms with Gasteiger partial charge in [0.05, 0.1) is 25.9 Å². The molecule has 2 rings (SSSR count). The van der Waals surface area contributed by atoms with Crippen LogP contribution < -0.4 is 10.2 Å². The maximum Gasteiger partial charge on any atom is 0.335 e. The predicted octanol–water partition coefficient (Wildman–Crippen LogP) is 4.39. The summed E-state index contributed by atoms with van der Waals surface area (Å²) in [5.41, 5.74) is 4.95. The Labute approximate surface area is 171 Å². The molecule has 0 radical (unpaired) electrons. The summed E-state index contributed by atoms with van der Waals surface area (Å²) in [6, 6.07) is 18.0. The molecule has 0 saturated heterocycles. The van der Waals surface area contributed by atoms with Crippen molar-refractivity contribution in [3.05, 3.63) is 71.4 Å². The van der Waals surface area contributed by atoms with Gasteiger partial charge < -0.3 is 9.47 Å². The van der Waals surface area contributed by atoms with Crippen molar-refractivity contribution in [2.45, 2.75) is 25.2 Å². The van der Waals surface area contributed by atoms with Gasteiger partial charge in [0.25, 0.3) is 0 Å². The molecule has 0 bridgehead atoms. The van der Waals surface area contributed by atoms with Crippen molar-refractivity contribution in [2.24, 2.45) is 0 Å². The van der Waals surface area contributed by atoms with Crippen molar-refractivity contribution in [1.82, 2.24) is 5.48 Å². The van der Waals surface area contributed by atoms with E-state index >= 15 is 0 Å². The SMILES string of the molecule is CCONC(C)=C(Cc1ccc(OCCSc2ccccc2)cc1)C(=O)OC. The van der Waals surface area contributed by atoms with Crippen LogP contribution in [0.5, 0.6) is 5.75 Å². The minimum atomic E-state index is -0.372. The number of carbonyl (C=O) groups is 1. The summed E-state index contributed by atoms with van der Waals surface area (Å²) >= 11 is 1.77. The lowest BCUT2D eigenvalue weighted by Crippen LogP contribution is -2.19. The molecule has 150 valence electrons. The number of carbonyl (C=O) groups excluding carboxylic acids is 1. The average molecular weight is 402 g/mol. The molecule has 0 saturated carbocycles. The van der Waals surface area contributed by atoms with Gasteiger partial charge in [-0.1, -0.05) is 30.3 Å². The minimum Gasteiger partial charge on any atom is -0.493 e. The summed E-state index contributed by atoms with van der Waals surface area (Å²) in [6.45, 7) is 4.79. The average Bonchev–Trinajstić information content (AvgIpc) is 2.74. The molecule has 1 N–H and O–H groups in total. The van der Waals surface area contributed by atoms with E-state index in [1.807, 2.05) is 49.4 Å². The normalized spacial score (nSPS) is 11.5. The Morgan fingerprint density at radius 2 is 1.79 bits per heavy atom. The molecular weight excluding hydrogens is 374 g/mol. The third-order valence-corrected chi connectivity index (χ3v) is 4.90. The number of allylic oxidation sites excluding steroid dienone is 1. The highest BCUT2D eigenvalue weighted by Crippen LogP contribution is 2.19. The standard InChI is InChI=1S/C22H27NO4S/c1-4-27-23-17(2)21(22(24)25-3)16-18-10-12-19(13-11-18)26-14-15-28-20-8-6-5-7-9-20/h5-13,23H,4,14-16H2,1-3H3. The number of esters is 1. The molecule has 28 heavy (non-hydrogen) atoms. The first-order valence-corrected chi connectivity index (χ1v) is 10.2. The molecular formula is C22H27NO4S. The molecule has 2 aromatic rings. The van der Waals surface area contributed by atoms with Gasteiger partial charge in [-0.05, 0) is 43.7 Å². The Kier molecular flexibility index (Phi) is 9.45. The van der Waals surface area contributed by atoms with Crippen molar-refractivity contribution in [3.63, 3.8) is 0 Å². The zero-order valence-electron chi connectivity index (χ0n) is 16.6. The molecule has 0 spiro atoms. The van der Waals surface area contributed by atoms with Crippen LogP contribution >= 0.6 is 11.8 Å². The van der Waals surface area contributed by atoms with E-state index < -0.39 is 0 Å². The van der Waals surface area contributed by atoms with Crippen LogP contribution in [0.25, 0.3) is 0 Å².